The van der Waals surface area contributed by atoms with Crippen molar-refractivity contribution in [3.05, 3.63) is 33.9 Å². The Hall–Kier alpha value is -1.96. The van der Waals surface area contributed by atoms with Crippen LogP contribution in [-0.4, -0.2) is 39.6 Å². The third-order valence-corrected chi connectivity index (χ3v) is 4.84. The molecule has 1 saturated heterocycles. The second-order valence-electron chi connectivity index (χ2n) is 4.80. The van der Waals surface area contributed by atoms with Crippen LogP contribution in [0.4, 0.5) is 11.4 Å². The van der Waals surface area contributed by atoms with Crippen molar-refractivity contribution in [2.45, 2.75) is 18.9 Å². The number of nitro groups is 1. The first-order chi connectivity index (χ1) is 10.0. The molecule has 1 aromatic carbocycles. The van der Waals surface area contributed by atoms with Crippen molar-refractivity contribution in [3.8, 4) is 0 Å². The van der Waals surface area contributed by atoms with Crippen molar-refractivity contribution < 1.29 is 13.9 Å². The normalized spacial score (nSPS) is 21.6. The molecule has 0 radical (unpaired) electrons. The average molecular weight is 311 g/mol. The third-order valence-electron chi connectivity index (χ3n) is 3.46. The summed E-state index contributed by atoms with van der Waals surface area (Å²) in [6.07, 6.45) is 1.27. The fraction of sp³-hybridized carbons (Fsp3) is 0.462. The number of hydrogen-bond acceptors (Lipinski definition) is 5. The maximum atomic E-state index is 12.3. The highest BCUT2D eigenvalue weighted by Gasteiger charge is 2.26. The zero-order valence-electron chi connectivity index (χ0n) is 11.6. The van der Waals surface area contributed by atoms with Gasteiger partial charge < -0.3 is 10.6 Å². The lowest BCUT2D eigenvalue weighted by atomic mass is 10.1. The van der Waals surface area contributed by atoms with Crippen LogP contribution >= 0.6 is 0 Å². The second kappa shape index (κ2) is 6.66. The molecule has 0 atom stereocenters. The largest absolute Gasteiger partial charge is 0.383 e. The van der Waals surface area contributed by atoms with Gasteiger partial charge in [-0.1, -0.05) is 6.07 Å². The molecule has 114 valence electrons. The van der Waals surface area contributed by atoms with Crippen LogP contribution in [0.1, 0.15) is 23.2 Å². The van der Waals surface area contributed by atoms with Crippen LogP contribution in [0.25, 0.3) is 0 Å². The average Bonchev–Trinajstić information content (AvgIpc) is 2.48. The predicted octanol–water partition coefficient (Wildman–Crippen LogP) is 1.28. The molecule has 0 unspecified atom stereocenters. The van der Waals surface area contributed by atoms with Crippen molar-refractivity contribution in [2.24, 2.45) is 0 Å². The van der Waals surface area contributed by atoms with Gasteiger partial charge in [0.15, 0.2) is 0 Å². The summed E-state index contributed by atoms with van der Waals surface area (Å²) in [6, 6.07) is 4.52. The van der Waals surface area contributed by atoms with E-state index in [1.54, 1.807) is 19.2 Å². The molecule has 1 heterocycles. The van der Waals surface area contributed by atoms with Crippen molar-refractivity contribution in [1.82, 2.24) is 5.32 Å². The van der Waals surface area contributed by atoms with Gasteiger partial charge in [0.05, 0.1) is 4.92 Å². The number of nitro benzene ring substituents is 1. The molecule has 0 aromatic heterocycles. The summed E-state index contributed by atoms with van der Waals surface area (Å²) in [7, 11) is 0.763. The van der Waals surface area contributed by atoms with E-state index in [0.29, 0.717) is 30.0 Å². The van der Waals surface area contributed by atoms with E-state index >= 15 is 0 Å². The van der Waals surface area contributed by atoms with Crippen molar-refractivity contribution in [2.75, 3.05) is 23.9 Å². The first-order valence-corrected chi connectivity index (χ1v) is 8.12. The molecule has 1 fully saturated rings. The van der Waals surface area contributed by atoms with Gasteiger partial charge in [-0.15, -0.1) is 0 Å². The number of anilines is 1. The van der Waals surface area contributed by atoms with Gasteiger partial charge in [-0.25, -0.2) is 0 Å². The number of para-hydroxylation sites is 1. The molecule has 2 N–H and O–H groups in total. The number of nitrogens with zero attached hydrogens (tertiary/aromatic N) is 1. The van der Waals surface area contributed by atoms with Gasteiger partial charge in [0.2, 0.25) is 0 Å². The number of nitrogens with one attached hydrogen (secondary N) is 2. The van der Waals surface area contributed by atoms with Gasteiger partial charge in [0.25, 0.3) is 5.91 Å². The molecule has 0 bridgehead atoms. The maximum absolute atomic E-state index is 12.3. The van der Waals surface area contributed by atoms with Crippen LogP contribution < -0.4 is 10.6 Å². The van der Waals surface area contributed by atoms with Gasteiger partial charge in [0.1, 0.15) is 11.3 Å². The van der Waals surface area contributed by atoms with Crippen LogP contribution in [0.5, 0.6) is 0 Å². The molecule has 1 aromatic rings. The van der Waals surface area contributed by atoms with Crippen LogP contribution in [-0.2, 0) is 10.8 Å². The second-order valence-corrected chi connectivity index (χ2v) is 6.50. The summed E-state index contributed by atoms with van der Waals surface area (Å²) in [4.78, 5) is 22.9. The number of carbonyl (C=O) groups excluding carboxylic acids is 1. The lowest BCUT2D eigenvalue weighted by molar-refractivity contribution is -0.384. The molecule has 21 heavy (non-hydrogen) atoms. The Kier molecular flexibility index (Phi) is 4.89. The summed E-state index contributed by atoms with van der Waals surface area (Å²) >= 11 is 0. The van der Waals surface area contributed by atoms with Gasteiger partial charge in [0, 0.05) is 35.4 Å². The third kappa shape index (κ3) is 3.57. The van der Waals surface area contributed by atoms with Gasteiger partial charge in [-0.2, -0.15) is 0 Å². The quantitative estimate of drug-likeness (QED) is 0.644. The molecule has 0 aliphatic carbocycles. The first kappa shape index (κ1) is 15.4. The fourth-order valence-electron chi connectivity index (χ4n) is 2.33. The Morgan fingerprint density at radius 1 is 1.38 bits per heavy atom. The number of amides is 1. The maximum Gasteiger partial charge on any atom is 0.305 e. The molecule has 0 saturated carbocycles. The number of carbonyl (C=O) groups is 1. The molecule has 1 amide bonds. The molecule has 1 aliphatic heterocycles. The van der Waals surface area contributed by atoms with E-state index in [1.165, 1.54) is 6.07 Å². The molecule has 7 nitrogen and oxygen atoms in total. The van der Waals surface area contributed by atoms with Crippen LogP contribution in [0.15, 0.2) is 18.2 Å². The van der Waals surface area contributed by atoms with E-state index in [0.717, 1.165) is 0 Å². The van der Waals surface area contributed by atoms with Crippen LogP contribution in [0.3, 0.4) is 0 Å². The highest BCUT2D eigenvalue weighted by Crippen LogP contribution is 2.28. The topological polar surface area (TPSA) is 101 Å². The highest BCUT2D eigenvalue weighted by atomic mass is 32.2. The van der Waals surface area contributed by atoms with E-state index in [4.69, 9.17) is 0 Å². The summed E-state index contributed by atoms with van der Waals surface area (Å²) < 4.78 is 11.3. The Labute approximate surface area is 124 Å². The number of benzene rings is 1. The molecule has 8 heteroatoms. The molecule has 1 aliphatic rings. The van der Waals surface area contributed by atoms with Crippen LogP contribution in [0, 0.1) is 10.1 Å². The number of rotatable bonds is 4. The van der Waals surface area contributed by atoms with Crippen molar-refractivity contribution >= 4 is 28.1 Å². The minimum absolute atomic E-state index is 0.0403. The van der Waals surface area contributed by atoms with Gasteiger partial charge >= 0.3 is 5.69 Å². The minimum atomic E-state index is -0.807. The molecule has 0 spiro atoms. The SMILES string of the molecule is CNc1cccc(C(=O)NC2CCS(=O)CC2)c1[N+](=O)[O-]. The Bertz CT molecular complexity index is 581. The van der Waals surface area contributed by atoms with E-state index in [1.807, 2.05) is 0 Å². The van der Waals surface area contributed by atoms with E-state index in [2.05, 4.69) is 10.6 Å². The summed E-state index contributed by atoms with van der Waals surface area (Å²) in [6.45, 7) is 0. The van der Waals surface area contributed by atoms with Crippen molar-refractivity contribution in [1.29, 1.82) is 0 Å². The lowest BCUT2D eigenvalue weighted by Crippen LogP contribution is -2.39. The summed E-state index contributed by atoms with van der Waals surface area (Å²) in [5, 5.41) is 16.7. The summed E-state index contributed by atoms with van der Waals surface area (Å²) in [5.74, 6) is 0.657. The highest BCUT2D eigenvalue weighted by molar-refractivity contribution is 7.85. The van der Waals surface area contributed by atoms with E-state index < -0.39 is 21.6 Å². The Morgan fingerprint density at radius 3 is 2.62 bits per heavy atom. The summed E-state index contributed by atoms with van der Waals surface area (Å²) in [5.41, 5.74) is 0.118. The molecular formula is C13H17N3O4S. The smallest absolute Gasteiger partial charge is 0.305 e. The van der Waals surface area contributed by atoms with Gasteiger partial charge in [-0.3, -0.25) is 19.1 Å². The standard InChI is InChI=1S/C13H17N3O4S/c1-14-11-4-2-3-10(12(11)16(18)19)13(17)15-9-5-7-21(20)8-6-9/h2-4,9,14H,5-8H2,1H3,(H,15,17). The predicted molar refractivity (Wildman–Crippen MR) is 81.0 cm³/mol. The zero-order valence-corrected chi connectivity index (χ0v) is 12.4. The Balaban J connectivity index is 2.19. The fourth-order valence-corrected chi connectivity index (χ4v) is 3.63. The van der Waals surface area contributed by atoms with Crippen LogP contribution in [0.2, 0.25) is 0 Å². The zero-order chi connectivity index (χ0) is 15.4. The monoisotopic (exact) mass is 311 g/mol. The van der Waals surface area contributed by atoms with Crippen molar-refractivity contribution in [3.63, 3.8) is 0 Å². The lowest BCUT2D eigenvalue weighted by Gasteiger charge is -2.22. The Morgan fingerprint density at radius 2 is 2.05 bits per heavy atom. The minimum Gasteiger partial charge on any atom is -0.383 e. The van der Waals surface area contributed by atoms with E-state index in [9.17, 15) is 19.1 Å². The van der Waals surface area contributed by atoms with E-state index in [-0.39, 0.29) is 17.3 Å². The molecule has 2 rings (SSSR count). The molecular weight excluding hydrogens is 294 g/mol. The van der Waals surface area contributed by atoms with Gasteiger partial charge in [-0.05, 0) is 25.0 Å². The first-order valence-electron chi connectivity index (χ1n) is 6.64. The number of hydrogen-bond donors (Lipinski definition) is 2.